The molecule has 1 saturated carbocycles. The first-order chi connectivity index (χ1) is 7.94. The Labute approximate surface area is 97.6 Å². The van der Waals surface area contributed by atoms with E-state index < -0.39 is 6.36 Å². The summed E-state index contributed by atoms with van der Waals surface area (Å²) in [6, 6.07) is 6.24. The minimum absolute atomic E-state index is 0.181. The zero-order valence-corrected chi connectivity index (χ0v) is 9.20. The van der Waals surface area contributed by atoms with Crippen molar-refractivity contribution < 1.29 is 17.9 Å². The van der Waals surface area contributed by atoms with Crippen molar-refractivity contribution in [1.82, 2.24) is 0 Å². The lowest BCUT2D eigenvalue weighted by Gasteiger charge is -2.33. The van der Waals surface area contributed by atoms with E-state index in [2.05, 4.69) is 4.74 Å². The topological polar surface area (TPSA) is 35.2 Å². The molecule has 2 unspecified atom stereocenters. The number of nitrogens with two attached hydrogens (primary N) is 1. The van der Waals surface area contributed by atoms with Gasteiger partial charge < -0.3 is 10.5 Å². The van der Waals surface area contributed by atoms with Crippen LogP contribution in [0.2, 0.25) is 0 Å². The summed E-state index contributed by atoms with van der Waals surface area (Å²) in [6.07, 6.45) is -1.66. The van der Waals surface area contributed by atoms with Crippen LogP contribution < -0.4 is 10.5 Å². The molecule has 1 aromatic rings. The average Bonchev–Trinajstić information content (AvgIpc) is 2.24. The molecule has 0 bridgehead atoms. The third-order valence-electron chi connectivity index (χ3n) is 3.13. The average molecular weight is 245 g/mol. The number of hydrogen-bond donors (Lipinski definition) is 1. The van der Waals surface area contributed by atoms with E-state index in [9.17, 15) is 13.2 Å². The van der Waals surface area contributed by atoms with Crippen LogP contribution in [-0.4, -0.2) is 12.4 Å². The van der Waals surface area contributed by atoms with E-state index in [1.165, 1.54) is 12.1 Å². The number of halogens is 3. The summed E-state index contributed by atoms with van der Waals surface area (Å²) in [7, 11) is 0. The van der Waals surface area contributed by atoms with Gasteiger partial charge in [0.25, 0.3) is 0 Å². The van der Waals surface area contributed by atoms with Crippen molar-refractivity contribution in [2.45, 2.75) is 31.7 Å². The van der Waals surface area contributed by atoms with Crippen molar-refractivity contribution >= 4 is 0 Å². The van der Waals surface area contributed by atoms with Crippen molar-refractivity contribution in [1.29, 1.82) is 0 Å². The predicted octanol–water partition coefficient (Wildman–Crippen LogP) is 2.87. The monoisotopic (exact) mass is 245 g/mol. The largest absolute Gasteiger partial charge is 0.573 e. The molecule has 17 heavy (non-hydrogen) atoms. The van der Waals surface area contributed by atoms with Crippen LogP contribution in [0.5, 0.6) is 5.75 Å². The smallest absolute Gasteiger partial charge is 0.406 e. The molecule has 0 spiro atoms. The van der Waals surface area contributed by atoms with Crippen LogP contribution in [0, 0.1) is 5.92 Å². The van der Waals surface area contributed by atoms with Crippen LogP contribution in [0.3, 0.4) is 0 Å². The third-order valence-corrected chi connectivity index (χ3v) is 3.13. The number of ether oxygens (including phenoxy) is 1. The number of hydrogen-bond acceptors (Lipinski definition) is 2. The van der Waals surface area contributed by atoms with E-state index in [0.29, 0.717) is 5.92 Å². The minimum atomic E-state index is -4.63. The second-order valence-corrected chi connectivity index (χ2v) is 4.40. The number of benzene rings is 1. The Morgan fingerprint density at radius 1 is 1.18 bits per heavy atom. The van der Waals surface area contributed by atoms with Crippen molar-refractivity contribution in [3.8, 4) is 5.75 Å². The highest BCUT2D eigenvalue weighted by Crippen LogP contribution is 2.30. The molecule has 94 valence electrons. The van der Waals surface area contributed by atoms with Gasteiger partial charge in [-0.25, -0.2) is 0 Å². The fourth-order valence-corrected chi connectivity index (χ4v) is 1.98. The molecular formula is C12H14F3NO. The van der Waals surface area contributed by atoms with Crippen LogP contribution in [0.1, 0.15) is 18.4 Å². The summed E-state index contributed by atoms with van der Waals surface area (Å²) >= 11 is 0. The lowest BCUT2D eigenvalue weighted by Crippen LogP contribution is -2.40. The van der Waals surface area contributed by atoms with Crippen molar-refractivity contribution in [2.75, 3.05) is 0 Å². The van der Waals surface area contributed by atoms with Crippen LogP contribution in [0.4, 0.5) is 13.2 Å². The second kappa shape index (κ2) is 4.56. The van der Waals surface area contributed by atoms with E-state index in [1.54, 1.807) is 12.1 Å². The first kappa shape index (κ1) is 12.2. The molecule has 2 N–H and O–H groups in total. The van der Waals surface area contributed by atoms with Gasteiger partial charge in [0.05, 0.1) is 0 Å². The van der Waals surface area contributed by atoms with Gasteiger partial charge >= 0.3 is 6.36 Å². The van der Waals surface area contributed by atoms with Gasteiger partial charge in [0.2, 0.25) is 0 Å². The van der Waals surface area contributed by atoms with Crippen molar-refractivity contribution in [3.05, 3.63) is 29.8 Å². The Balaban J connectivity index is 1.93. The highest BCUT2D eigenvalue weighted by Gasteiger charge is 2.31. The maximum atomic E-state index is 11.9. The zero-order valence-electron chi connectivity index (χ0n) is 9.20. The van der Waals surface area contributed by atoms with Crippen LogP contribution in [0.25, 0.3) is 0 Å². The summed E-state index contributed by atoms with van der Waals surface area (Å²) in [5.41, 5.74) is 6.81. The molecule has 0 amide bonds. The van der Waals surface area contributed by atoms with Gasteiger partial charge in [0.1, 0.15) is 5.75 Å². The highest BCUT2D eigenvalue weighted by molar-refractivity contribution is 5.28. The Morgan fingerprint density at radius 2 is 1.82 bits per heavy atom. The summed E-state index contributed by atoms with van der Waals surface area (Å²) < 4.78 is 39.6. The summed E-state index contributed by atoms with van der Waals surface area (Å²) in [6.45, 7) is 0. The van der Waals surface area contributed by atoms with Gasteiger partial charge in [-0.05, 0) is 42.9 Å². The van der Waals surface area contributed by atoms with E-state index >= 15 is 0 Å². The summed E-state index contributed by atoms with van der Waals surface area (Å²) in [4.78, 5) is 0. The maximum Gasteiger partial charge on any atom is 0.573 e. The van der Waals surface area contributed by atoms with Gasteiger partial charge in [-0.1, -0.05) is 12.1 Å². The molecule has 5 heteroatoms. The highest BCUT2D eigenvalue weighted by atomic mass is 19.4. The summed E-state index contributed by atoms with van der Waals surface area (Å²) in [5.74, 6) is 0.281. The van der Waals surface area contributed by atoms with E-state index in [-0.39, 0.29) is 11.8 Å². The predicted molar refractivity (Wildman–Crippen MR) is 57.5 cm³/mol. The first-order valence-corrected chi connectivity index (χ1v) is 5.54. The molecule has 0 saturated heterocycles. The lowest BCUT2D eigenvalue weighted by atomic mass is 9.76. The quantitative estimate of drug-likeness (QED) is 0.888. The first-order valence-electron chi connectivity index (χ1n) is 5.54. The molecule has 0 aromatic heterocycles. The molecule has 1 aromatic carbocycles. The van der Waals surface area contributed by atoms with Gasteiger partial charge in [-0.15, -0.1) is 13.2 Å². The molecular weight excluding hydrogens is 231 g/mol. The lowest BCUT2D eigenvalue weighted by molar-refractivity contribution is -0.274. The Hall–Kier alpha value is -1.23. The Morgan fingerprint density at radius 3 is 2.24 bits per heavy atom. The molecule has 2 atom stereocenters. The molecule has 0 radical (unpaired) electrons. The fourth-order valence-electron chi connectivity index (χ4n) is 1.98. The minimum Gasteiger partial charge on any atom is -0.406 e. The zero-order chi connectivity index (χ0) is 12.5. The molecule has 0 heterocycles. The van der Waals surface area contributed by atoms with E-state index in [4.69, 9.17) is 5.73 Å². The second-order valence-electron chi connectivity index (χ2n) is 4.40. The fraction of sp³-hybridized carbons (Fsp3) is 0.500. The molecule has 0 aliphatic heterocycles. The standard InChI is InChI=1S/C12H14F3NO/c13-12(14,15)17-10-4-1-8(2-5-10)7-9-3-6-11(9)16/h1-2,4-5,9,11H,3,6-7,16H2. The molecule has 2 nitrogen and oxygen atoms in total. The number of alkyl halides is 3. The normalized spacial score (nSPS) is 24.2. The van der Waals surface area contributed by atoms with E-state index in [1.807, 2.05) is 0 Å². The molecule has 1 fully saturated rings. The van der Waals surface area contributed by atoms with Crippen LogP contribution in [0.15, 0.2) is 24.3 Å². The number of rotatable bonds is 3. The molecule has 1 aliphatic rings. The third kappa shape index (κ3) is 3.36. The van der Waals surface area contributed by atoms with Crippen LogP contribution in [-0.2, 0) is 6.42 Å². The van der Waals surface area contributed by atoms with E-state index in [0.717, 1.165) is 24.8 Å². The van der Waals surface area contributed by atoms with Gasteiger partial charge in [-0.3, -0.25) is 0 Å². The SMILES string of the molecule is NC1CCC1Cc1ccc(OC(F)(F)F)cc1. The Kier molecular flexibility index (Phi) is 3.28. The van der Waals surface area contributed by atoms with Gasteiger partial charge in [-0.2, -0.15) is 0 Å². The van der Waals surface area contributed by atoms with Gasteiger partial charge in [0, 0.05) is 6.04 Å². The van der Waals surface area contributed by atoms with Gasteiger partial charge in [0.15, 0.2) is 0 Å². The summed E-state index contributed by atoms with van der Waals surface area (Å²) in [5, 5.41) is 0. The van der Waals surface area contributed by atoms with Crippen LogP contribution >= 0.6 is 0 Å². The van der Waals surface area contributed by atoms with Crippen molar-refractivity contribution in [3.63, 3.8) is 0 Å². The van der Waals surface area contributed by atoms with Crippen molar-refractivity contribution in [2.24, 2.45) is 11.7 Å². The maximum absolute atomic E-state index is 11.9. The molecule has 2 rings (SSSR count). The Bertz CT molecular complexity index is 374. The molecule has 1 aliphatic carbocycles.